The second-order valence-corrected chi connectivity index (χ2v) is 7.34. The van der Waals surface area contributed by atoms with Gasteiger partial charge in [0.1, 0.15) is 0 Å². The molecular formula is C22H18N2O3S. The standard InChI is InChI=1S/C22H18N2O3S/c25-21(23-27)17-8-4-9-19-16(17)11-12-24(19)22(26)18(20-10-5-13-28-20)14-15-6-2-1-3-7-15/h1-10,13-14,27H,11-12H2,(H,23,25)/b18-14+. The molecule has 28 heavy (non-hydrogen) atoms. The van der Waals surface area contributed by atoms with Crippen LogP contribution >= 0.6 is 11.3 Å². The lowest BCUT2D eigenvalue weighted by molar-refractivity contribution is -0.113. The van der Waals surface area contributed by atoms with Crippen molar-refractivity contribution in [2.75, 3.05) is 11.4 Å². The molecule has 0 saturated heterocycles. The number of benzene rings is 2. The van der Waals surface area contributed by atoms with Gasteiger partial charge in [-0.3, -0.25) is 14.8 Å². The SMILES string of the molecule is O=C(NO)c1cccc2c1CCN2C(=O)/C(=C/c1ccccc1)c1cccs1. The molecule has 4 rings (SSSR count). The zero-order valence-corrected chi connectivity index (χ0v) is 15.8. The van der Waals surface area contributed by atoms with Gasteiger partial charge in [0.25, 0.3) is 11.8 Å². The average Bonchev–Trinajstić information content (AvgIpc) is 3.41. The summed E-state index contributed by atoms with van der Waals surface area (Å²) in [6.45, 7) is 0.487. The zero-order chi connectivity index (χ0) is 19.5. The summed E-state index contributed by atoms with van der Waals surface area (Å²) in [5.41, 5.74) is 5.12. The van der Waals surface area contributed by atoms with Gasteiger partial charge in [0, 0.05) is 22.7 Å². The largest absolute Gasteiger partial charge is 0.308 e. The highest BCUT2D eigenvalue weighted by molar-refractivity contribution is 7.11. The molecule has 5 nitrogen and oxygen atoms in total. The maximum atomic E-state index is 13.5. The van der Waals surface area contributed by atoms with Crippen LogP contribution in [0.25, 0.3) is 11.6 Å². The zero-order valence-electron chi connectivity index (χ0n) is 15.0. The summed E-state index contributed by atoms with van der Waals surface area (Å²) < 4.78 is 0. The van der Waals surface area contributed by atoms with Crippen molar-refractivity contribution in [1.82, 2.24) is 5.48 Å². The summed E-state index contributed by atoms with van der Waals surface area (Å²) in [7, 11) is 0. The van der Waals surface area contributed by atoms with Crippen molar-refractivity contribution in [1.29, 1.82) is 0 Å². The molecule has 0 bridgehead atoms. The summed E-state index contributed by atoms with van der Waals surface area (Å²) in [5, 5.41) is 10.9. The molecule has 1 aromatic heterocycles. The van der Waals surface area contributed by atoms with Crippen LogP contribution in [0.4, 0.5) is 5.69 Å². The molecule has 2 N–H and O–H groups in total. The second kappa shape index (κ2) is 7.80. The lowest BCUT2D eigenvalue weighted by Gasteiger charge is -2.19. The monoisotopic (exact) mass is 390 g/mol. The van der Waals surface area contributed by atoms with Gasteiger partial charge in [0.2, 0.25) is 0 Å². The first-order chi connectivity index (χ1) is 13.7. The topological polar surface area (TPSA) is 69.6 Å². The second-order valence-electron chi connectivity index (χ2n) is 6.40. The molecule has 1 aliphatic rings. The summed E-state index contributed by atoms with van der Waals surface area (Å²) in [6.07, 6.45) is 2.46. The van der Waals surface area contributed by atoms with Crippen molar-refractivity contribution < 1.29 is 14.8 Å². The molecule has 0 fully saturated rings. The van der Waals surface area contributed by atoms with Crippen LogP contribution in [0.3, 0.4) is 0 Å². The Bertz CT molecular complexity index is 1040. The Morgan fingerprint density at radius 2 is 1.86 bits per heavy atom. The fourth-order valence-corrected chi connectivity index (χ4v) is 4.18. The number of nitrogens with one attached hydrogen (secondary N) is 1. The molecule has 6 heteroatoms. The van der Waals surface area contributed by atoms with Gasteiger partial charge >= 0.3 is 0 Å². The van der Waals surface area contributed by atoms with Gasteiger partial charge in [-0.1, -0.05) is 42.5 Å². The van der Waals surface area contributed by atoms with Gasteiger partial charge in [-0.25, -0.2) is 5.48 Å². The normalized spacial score (nSPS) is 13.3. The van der Waals surface area contributed by atoms with Gasteiger partial charge in [-0.15, -0.1) is 11.3 Å². The van der Waals surface area contributed by atoms with Crippen LogP contribution < -0.4 is 10.4 Å². The molecule has 0 atom stereocenters. The molecule has 140 valence electrons. The first-order valence-electron chi connectivity index (χ1n) is 8.88. The fraction of sp³-hybridized carbons (Fsp3) is 0.0909. The number of anilines is 1. The molecule has 0 aliphatic carbocycles. The first-order valence-corrected chi connectivity index (χ1v) is 9.76. The Kier molecular flexibility index (Phi) is 5.06. The number of fused-ring (bicyclic) bond motifs is 1. The van der Waals surface area contributed by atoms with Gasteiger partial charge in [-0.2, -0.15) is 0 Å². The van der Waals surface area contributed by atoms with Crippen molar-refractivity contribution in [3.8, 4) is 0 Å². The van der Waals surface area contributed by atoms with E-state index >= 15 is 0 Å². The van der Waals surface area contributed by atoms with E-state index < -0.39 is 5.91 Å². The van der Waals surface area contributed by atoms with E-state index in [1.807, 2.05) is 60.0 Å². The van der Waals surface area contributed by atoms with E-state index in [-0.39, 0.29) is 5.91 Å². The molecule has 1 aliphatic heterocycles. The van der Waals surface area contributed by atoms with E-state index in [1.54, 1.807) is 22.5 Å². The van der Waals surface area contributed by atoms with Crippen LogP contribution in [-0.2, 0) is 11.2 Å². The van der Waals surface area contributed by atoms with E-state index in [9.17, 15) is 9.59 Å². The van der Waals surface area contributed by atoms with Gasteiger partial charge in [0.05, 0.1) is 5.57 Å². The molecule has 2 amide bonds. The predicted molar refractivity (Wildman–Crippen MR) is 110 cm³/mol. The minimum atomic E-state index is -0.565. The van der Waals surface area contributed by atoms with Gasteiger partial charge in [-0.05, 0) is 47.2 Å². The van der Waals surface area contributed by atoms with Crippen LogP contribution in [0.15, 0.2) is 66.0 Å². The Balaban J connectivity index is 1.75. The third kappa shape index (κ3) is 3.35. The highest BCUT2D eigenvalue weighted by atomic mass is 32.1. The third-order valence-corrected chi connectivity index (χ3v) is 5.65. The van der Waals surface area contributed by atoms with Crippen LogP contribution in [0, 0.1) is 0 Å². The lowest BCUT2D eigenvalue weighted by Crippen LogP contribution is -2.29. The first kappa shape index (κ1) is 18.2. The molecule has 0 saturated carbocycles. The van der Waals surface area contributed by atoms with Gasteiger partial charge in [0.15, 0.2) is 0 Å². The molecule has 0 unspecified atom stereocenters. The van der Waals surface area contributed by atoms with Crippen LogP contribution in [-0.4, -0.2) is 23.6 Å². The Morgan fingerprint density at radius 3 is 2.57 bits per heavy atom. The third-order valence-electron chi connectivity index (χ3n) is 4.75. The smallest absolute Gasteiger partial charge is 0.274 e. The number of nitrogens with zero attached hydrogens (tertiary/aromatic N) is 1. The summed E-state index contributed by atoms with van der Waals surface area (Å²) >= 11 is 1.52. The predicted octanol–water partition coefficient (Wildman–Crippen LogP) is 4.00. The van der Waals surface area contributed by atoms with E-state index in [4.69, 9.17) is 5.21 Å². The minimum Gasteiger partial charge on any atom is -0.308 e. The summed E-state index contributed by atoms with van der Waals surface area (Å²) in [5.74, 6) is -0.670. The maximum Gasteiger partial charge on any atom is 0.274 e. The van der Waals surface area contributed by atoms with Crippen molar-refractivity contribution in [3.05, 3.63) is 87.6 Å². The van der Waals surface area contributed by atoms with Crippen molar-refractivity contribution in [2.24, 2.45) is 0 Å². The number of carbonyl (C=O) groups excluding carboxylic acids is 2. The number of hydroxylamine groups is 1. The Labute approximate surface area is 166 Å². The number of hydrogen-bond donors (Lipinski definition) is 2. The quantitative estimate of drug-likeness (QED) is 0.402. The average molecular weight is 390 g/mol. The number of thiophene rings is 1. The van der Waals surface area contributed by atoms with Crippen LogP contribution in [0.1, 0.15) is 26.4 Å². The molecule has 0 spiro atoms. The molecule has 0 radical (unpaired) electrons. The van der Waals surface area contributed by atoms with E-state index in [1.165, 1.54) is 11.3 Å². The Morgan fingerprint density at radius 1 is 1.04 bits per heavy atom. The maximum absolute atomic E-state index is 13.5. The van der Waals surface area contributed by atoms with Crippen molar-refractivity contribution in [3.63, 3.8) is 0 Å². The summed E-state index contributed by atoms with van der Waals surface area (Å²) in [6, 6.07) is 18.8. The fourth-order valence-electron chi connectivity index (χ4n) is 3.45. The highest BCUT2D eigenvalue weighted by Crippen LogP contribution is 2.34. The van der Waals surface area contributed by atoms with Crippen molar-refractivity contribution in [2.45, 2.75) is 6.42 Å². The molecule has 2 heterocycles. The van der Waals surface area contributed by atoms with Crippen LogP contribution in [0.2, 0.25) is 0 Å². The van der Waals surface area contributed by atoms with E-state index in [0.717, 1.165) is 16.0 Å². The summed E-state index contributed by atoms with van der Waals surface area (Å²) in [4.78, 5) is 28.0. The molecule has 2 aromatic carbocycles. The molecule has 3 aromatic rings. The van der Waals surface area contributed by atoms with Gasteiger partial charge < -0.3 is 4.90 Å². The number of hydrogen-bond acceptors (Lipinski definition) is 4. The number of amides is 2. The lowest BCUT2D eigenvalue weighted by atomic mass is 10.0. The molecular weight excluding hydrogens is 372 g/mol. The highest BCUT2D eigenvalue weighted by Gasteiger charge is 2.30. The number of carbonyl (C=O) groups is 2. The minimum absolute atomic E-state index is 0.105. The van der Waals surface area contributed by atoms with E-state index in [2.05, 4.69) is 0 Å². The Hall–Kier alpha value is -3.22. The van der Waals surface area contributed by atoms with Crippen molar-refractivity contribution >= 4 is 40.5 Å². The number of rotatable bonds is 4. The van der Waals surface area contributed by atoms with E-state index in [0.29, 0.717) is 29.8 Å². The van der Waals surface area contributed by atoms with Crippen LogP contribution in [0.5, 0.6) is 0 Å².